The van der Waals surface area contributed by atoms with Gasteiger partial charge >= 0.3 is 0 Å². The van der Waals surface area contributed by atoms with E-state index in [1.165, 1.54) is 12.1 Å². The molecule has 0 spiro atoms. The smallest absolute Gasteiger partial charge is 0.134 e. The van der Waals surface area contributed by atoms with E-state index in [0.29, 0.717) is 24.6 Å². The molecule has 3 N–H and O–H groups in total. The van der Waals surface area contributed by atoms with Gasteiger partial charge in [-0.2, -0.15) is 0 Å². The van der Waals surface area contributed by atoms with E-state index in [1.54, 1.807) is 12.1 Å². The van der Waals surface area contributed by atoms with E-state index in [2.05, 4.69) is 5.43 Å². The van der Waals surface area contributed by atoms with Crippen LogP contribution >= 0.6 is 0 Å². The minimum Gasteiger partial charge on any atom is -0.459 e. The molecule has 0 saturated carbocycles. The van der Waals surface area contributed by atoms with Crippen LogP contribution in [-0.2, 0) is 4.74 Å². The Balaban J connectivity index is 2.17. The molecule has 98 valence electrons. The second-order valence-electron chi connectivity index (χ2n) is 4.13. The molecule has 1 unspecified atom stereocenters. The van der Waals surface area contributed by atoms with Crippen molar-refractivity contribution in [3.05, 3.63) is 35.8 Å². The van der Waals surface area contributed by atoms with Crippen LogP contribution in [-0.4, -0.2) is 13.2 Å². The van der Waals surface area contributed by atoms with Crippen molar-refractivity contribution in [1.29, 1.82) is 0 Å². The number of hydrazine groups is 1. The molecule has 0 aliphatic carbocycles. The van der Waals surface area contributed by atoms with Crippen molar-refractivity contribution < 1.29 is 13.5 Å². The molecule has 5 heteroatoms. The Bertz CT molecular complexity index is 513. The van der Waals surface area contributed by atoms with Gasteiger partial charge < -0.3 is 9.15 Å². The van der Waals surface area contributed by atoms with E-state index in [-0.39, 0.29) is 11.9 Å². The Morgan fingerprint density at radius 3 is 3.00 bits per heavy atom. The molecule has 2 rings (SSSR count). The lowest BCUT2D eigenvalue weighted by atomic mass is 10.2. The van der Waals surface area contributed by atoms with E-state index >= 15 is 0 Å². The van der Waals surface area contributed by atoms with Crippen molar-refractivity contribution in [2.24, 2.45) is 5.84 Å². The number of fused-ring (bicyclic) bond motifs is 1. The van der Waals surface area contributed by atoms with Crippen molar-refractivity contribution in [3.8, 4) is 0 Å². The molecule has 0 aliphatic heterocycles. The summed E-state index contributed by atoms with van der Waals surface area (Å²) < 4.78 is 24.1. The lowest BCUT2D eigenvalue weighted by Gasteiger charge is -2.12. The summed E-state index contributed by atoms with van der Waals surface area (Å²) in [7, 11) is 0. The van der Waals surface area contributed by atoms with Gasteiger partial charge in [-0.3, -0.25) is 5.84 Å². The standard InChI is InChI=1S/C13H17FN2O2/c1-2-5-17-8-11(16-15)13-7-9-6-10(14)3-4-12(9)18-13/h3-4,6-7,11,16H,2,5,8,15H2,1H3. The number of ether oxygens (including phenoxy) is 1. The molecule has 0 bridgehead atoms. The zero-order chi connectivity index (χ0) is 13.0. The number of rotatable bonds is 6. The molecule has 1 atom stereocenters. The predicted octanol–water partition coefficient (Wildman–Crippen LogP) is 2.50. The van der Waals surface area contributed by atoms with E-state index in [9.17, 15) is 4.39 Å². The van der Waals surface area contributed by atoms with Crippen molar-refractivity contribution in [1.82, 2.24) is 5.43 Å². The molecule has 1 heterocycles. The van der Waals surface area contributed by atoms with Gasteiger partial charge in [0.1, 0.15) is 23.2 Å². The van der Waals surface area contributed by atoms with Crippen LogP contribution in [0, 0.1) is 5.82 Å². The molecule has 4 nitrogen and oxygen atoms in total. The van der Waals surface area contributed by atoms with Crippen LogP contribution in [0.3, 0.4) is 0 Å². The third-order valence-electron chi connectivity index (χ3n) is 2.68. The fourth-order valence-corrected chi connectivity index (χ4v) is 1.76. The monoisotopic (exact) mass is 252 g/mol. The average Bonchev–Trinajstić information content (AvgIpc) is 2.77. The highest BCUT2D eigenvalue weighted by Gasteiger charge is 2.15. The largest absolute Gasteiger partial charge is 0.459 e. The molecule has 0 radical (unpaired) electrons. The maximum atomic E-state index is 13.1. The van der Waals surface area contributed by atoms with Crippen LogP contribution in [0.2, 0.25) is 0 Å². The van der Waals surface area contributed by atoms with Crippen LogP contribution in [0.25, 0.3) is 11.0 Å². The van der Waals surface area contributed by atoms with Crippen LogP contribution in [0.5, 0.6) is 0 Å². The molecule has 1 aromatic heterocycles. The number of furan rings is 1. The van der Waals surface area contributed by atoms with Gasteiger partial charge in [-0.15, -0.1) is 0 Å². The third-order valence-corrected chi connectivity index (χ3v) is 2.68. The minimum absolute atomic E-state index is 0.230. The summed E-state index contributed by atoms with van der Waals surface area (Å²) in [6.07, 6.45) is 0.947. The Kier molecular flexibility index (Phi) is 4.30. The van der Waals surface area contributed by atoms with E-state index < -0.39 is 0 Å². The zero-order valence-corrected chi connectivity index (χ0v) is 10.3. The minimum atomic E-state index is -0.283. The quantitative estimate of drug-likeness (QED) is 0.471. The van der Waals surface area contributed by atoms with Gasteiger partial charge in [0.25, 0.3) is 0 Å². The summed E-state index contributed by atoms with van der Waals surface area (Å²) >= 11 is 0. The fraction of sp³-hybridized carbons (Fsp3) is 0.385. The predicted molar refractivity (Wildman–Crippen MR) is 67.3 cm³/mol. The molecule has 1 aromatic carbocycles. The number of hydrogen-bond donors (Lipinski definition) is 2. The van der Waals surface area contributed by atoms with Crippen molar-refractivity contribution in [2.75, 3.05) is 13.2 Å². The van der Waals surface area contributed by atoms with E-state index in [0.717, 1.165) is 11.8 Å². The molecule has 0 aliphatic rings. The first-order valence-electron chi connectivity index (χ1n) is 5.97. The Morgan fingerprint density at radius 2 is 2.28 bits per heavy atom. The fourth-order valence-electron chi connectivity index (χ4n) is 1.76. The number of nitrogens with one attached hydrogen (secondary N) is 1. The first-order chi connectivity index (χ1) is 8.74. The highest BCUT2D eigenvalue weighted by molar-refractivity contribution is 5.78. The van der Waals surface area contributed by atoms with Crippen molar-refractivity contribution >= 4 is 11.0 Å². The van der Waals surface area contributed by atoms with Gasteiger partial charge in [0.2, 0.25) is 0 Å². The van der Waals surface area contributed by atoms with Gasteiger partial charge in [0.15, 0.2) is 0 Å². The first kappa shape index (κ1) is 13.0. The summed E-state index contributed by atoms with van der Waals surface area (Å²) in [6, 6.07) is 5.95. The average molecular weight is 252 g/mol. The summed E-state index contributed by atoms with van der Waals surface area (Å²) in [4.78, 5) is 0. The molecular formula is C13H17FN2O2. The molecule has 0 fully saturated rings. The normalized spacial score (nSPS) is 13.1. The molecular weight excluding hydrogens is 235 g/mol. The number of hydrogen-bond acceptors (Lipinski definition) is 4. The Morgan fingerprint density at radius 1 is 1.44 bits per heavy atom. The lowest BCUT2D eigenvalue weighted by molar-refractivity contribution is 0.106. The second kappa shape index (κ2) is 5.95. The summed E-state index contributed by atoms with van der Waals surface area (Å²) in [5.74, 6) is 5.84. The van der Waals surface area contributed by atoms with E-state index in [1.807, 2.05) is 6.92 Å². The summed E-state index contributed by atoms with van der Waals surface area (Å²) in [6.45, 7) is 3.13. The Labute approximate surface area is 105 Å². The highest BCUT2D eigenvalue weighted by Crippen LogP contribution is 2.24. The van der Waals surface area contributed by atoms with Gasteiger partial charge in [-0.05, 0) is 30.7 Å². The van der Waals surface area contributed by atoms with Crippen molar-refractivity contribution in [2.45, 2.75) is 19.4 Å². The maximum absolute atomic E-state index is 13.1. The third kappa shape index (κ3) is 2.87. The molecule has 0 amide bonds. The SMILES string of the molecule is CCCOCC(NN)c1cc2cc(F)ccc2o1. The first-order valence-corrected chi connectivity index (χ1v) is 5.97. The van der Waals surface area contributed by atoms with Gasteiger partial charge in [0, 0.05) is 12.0 Å². The van der Waals surface area contributed by atoms with Gasteiger partial charge in [-0.1, -0.05) is 6.92 Å². The van der Waals surface area contributed by atoms with Crippen LogP contribution in [0.1, 0.15) is 25.1 Å². The second-order valence-corrected chi connectivity index (χ2v) is 4.13. The highest BCUT2D eigenvalue weighted by atomic mass is 19.1. The van der Waals surface area contributed by atoms with Gasteiger partial charge in [-0.25, -0.2) is 9.82 Å². The molecule has 18 heavy (non-hydrogen) atoms. The van der Waals surface area contributed by atoms with Crippen LogP contribution < -0.4 is 11.3 Å². The Hall–Kier alpha value is -1.43. The maximum Gasteiger partial charge on any atom is 0.134 e. The van der Waals surface area contributed by atoms with E-state index in [4.69, 9.17) is 15.0 Å². The summed E-state index contributed by atoms with van der Waals surface area (Å²) in [5, 5.41) is 0.723. The number of benzene rings is 1. The number of halogens is 1. The van der Waals surface area contributed by atoms with Crippen molar-refractivity contribution in [3.63, 3.8) is 0 Å². The summed E-state index contributed by atoms with van der Waals surface area (Å²) in [5.41, 5.74) is 3.28. The van der Waals surface area contributed by atoms with Crippen LogP contribution in [0.15, 0.2) is 28.7 Å². The lowest BCUT2D eigenvalue weighted by Crippen LogP contribution is -2.31. The topological polar surface area (TPSA) is 60.4 Å². The number of nitrogens with two attached hydrogens (primary N) is 1. The molecule has 0 saturated heterocycles. The zero-order valence-electron chi connectivity index (χ0n) is 10.3. The molecule has 2 aromatic rings. The van der Waals surface area contributed by atoms with Crippen LogP contribution in [0.4, 0.5) is 4.39 Å². The van der Waals surface area contributed by atoms with Gasteiger partial charge in [0.05, 0.1) is 6.61 Å².